The SMILES string of the molecule is BC(C)(C)C(C)(C)OBc1ccc(C(CC)(CC)c2ccc(CCC3(O)CCCCC3)c(C)c2)cc1C. The normalized spacial score (nSPS) is 16.6. The van der Waals surface area contributed by atoms with E-state index in [0.29, 0.717) is 7.48 Å². The summed E-state index contributed by atoms with van der Waals surface area (Å²) in [6.45, 7) is 18.0. The van der Waals surface area contributed by atoms with Crippen LogP contribution in [0.4, 0.5) is 0 Å². The van der Waals surface area contributed by atoms with E-state index in [0.717, 1.165) is 38.5 Å². The Morgan fingerprint density at radius 2 is 1.46 bits per heavy atom. The maximum Gasteiger partial charge on any atom is 0.309 e. The summed E-state index contributed by atoms with van der Waals surface area (Å²) < 4.78 is 6.41. The molecule has 37 heavy (non-hydrogen) atoms. The summed E-state index contributed by atoms with van der Waals surface area (Å²) in [5, 5.41) is 11.1. The number of aliphatic hydroxyl groups is 1. The highest BCUT2D eigenvalue weighted by atomic mass is 16.5. The molecule has 1 fully saturated rings. The molecular formula is C33H52B2O2. The van der Waals surface area contributed by atoms with E-state index >= 15 is 0 Å². The van der Waals surface area contributed by atoms with Crippen molar-refractivity contribution in [3.05, 3.63) is 64.2 Å². The number of aryl methyl sites for hydroxylation is 3. The van der Waals surface area contributed by atoms with Crippen LogP contribution in [0.15, 0.2) is 36.4 Å². The van der Waals surface area contributed by atoms with E-state index in [9.17, 15) is 5.11 Å². The van der Waals surface area contributed by atoms with Crippen LogP contribution in [-0.2, 0) is 16.5 Å². The molecule has 0 saturated heterocycles. The molecule has 1 aliphatic carbocycles. The fourth-order valence-corrected chi connectivity index (χ4v) is 5.96. The highest BCUT2D eigenvalue weighted by molar-refractivity contribution is 6.47. The minimum Gasteiger partial charge on any atom is -0.430 e. The van der Waals surface area contributed by atoms with Crippen molar-refractivity contribution in [2.24, 2.45) is 0 Å². The largest absolute Gasteiger partial charge is 0.430 e. The van der Waals surface area contributed by atoms with Crippen molar-refractivity contribution in [1.82, 2.24) is 0 Å². The molecule has 0 heterocycles. The van der Waals surface area contributed by atoms with Gasteiger partial charge in [0.1, 0.15) is 7.85 Å². The van der Waals surface area contributed by atoms with Crippen molar-refractivity contribution in [2.75, 3.05) is 0 Å². The summed E-state index contributed by atoms with van der Waals surface area (Å²) in [5.41, 5.74) is 7.48. The molecule has 1 N–H and O–H groups in total. The number of benzene rings is 2. The van der Waals surface area contributed by atoms with Crippen LogP contribution in [0.2, 0.25) is 5.31 Å². The lowest BCUT2D eigenvalue weighted by Crippen LogP contribution is -2.41. The Morgan fingerprint density at radius 3 is 1.97 bits per heavy atom. The van der Waals surface area contributed by atoms with Gasteiger partial charge < -0.3 is 9.76 Å². The molecule has 4 heteroatoms. The zero-order valence-electron chi connectivity index (χ0n) is 25.4. The van der Waals surface area contributed by atoms with Crippen molar-refractivity contribution in [1.29, 1.82) is 0 Å². The van der Waals surface area contributed by atoms with E-state index in [1.807, 2.05) is 0 Å². The molecule has 0 radical (unpaired) electrons. The van der Waals surface area contributed by atoms with Crippen molar-refractivity contribution in [3.8, 4) is 0 Å². The maximum absolute atomic E-state index is 11.0. The van der Waals surface area contributed by atoms with Gasteiger partial charge in [-0.15, -0.1) is 0 Å². The molecule has 0 aliphatic heterocycles. The first-order valence-corrected chi connectivity index (χ1v) is 14.8. The van der Waals surface area contributed by atoms with Crippen molar-refractivity contribution in [2.45, 2.75) is 135 Å². The Hall–Kier alpha value is -1.51. The fourth-order valence-electron chi connectivity index (χ4n) is 5.96. The predicted molar refractivity (Wildman–Crippen MR) is 165 cm³/mol. The lowest BCUT2D eigenvalue weighted by atomic mass is 9.61. The first-order chi connectivity index (χ1) is 17.3. The molecule has 0 atom stereocenters. The summed E-state index contributed by atoms with van der Waals surface area (Å²) in [6, 6.07) is 14.1. The highest BCUT2D eigenvalue weighted by Gasteiger charge is 2.34. The van der Waals surface area contributed by atoms with Gasteiger partial charge in [0, 0.05) is 11.0 Å². The molecule has 0 amide bonds. The Morgan fingerprint density at radius 1 is 0.892 bits per heavy atom. The minimum atomic E-state index is -0.453. The third kappa shape index (κ3) is 6.74. The predicted octanol–water partition coefficient (Wildman–Crippen LogP) is 6.64. The maximum atomic E-state index is 11.0. The molecule has 2 aromatic carbocycles. The van der Waals surface area contributed by atoms with Gasteiger partial charge in [-0.25, -0.2) is 0 Å². The molecule has 0 spiro atoms. The van der Waals surface area contributed by atoms with Crippen LogP contribution in [0, 0.1) is 13.8 Å². The van der Waals surface area contributed by atoms with Crippen LogP contribution in [0.25, 0.3) is 0 Å². The molecule has 202 valence electrons. The quantitative estimate of drug-likeness (QED) is 0.349. The molecule has 2 nitrogen and oxygen atoms in total. The van der Waals surface area contributed by atoms with Crippen LogP contribution < -0.4 is 5.46 Å². The lowest BCUT2D eigenvalue weighted by Gasteiger charge is -2.39. The van der Waals surface area contributed by atoms with Crippen LogP contribution in [0.3, 0.4) is 0 Å². The van der Waals surface area contributed by atoms with Crippen LogP contribution in [-0.4, -0.2) is 31.6 Å². The molecule has 0 bridgehead atoms. The highest BCUT2D eigenvalue weighted by Crippen LogP contribution is 2.40. The van der Waals surface area contributed by atoms with E-state index in [-0.39, 0.29) is 16.3 Å². The van der Waals surface area contributed by atoms with Crippen molar-refractivity contribution >= 4 is 20.8 Å². The Kier molecular flexibility index (Phi) is 9.50. The molecular weight excluding hydrogens is 450 g/mol. The molecule has 0 aromatic heterocycles. The number of hydrogen-bond acceptors (Lipinski definition) is 2. The zero-order chi connectivity index (χ0) is 27.5. The topological polar surface area (TPSA) is 29.5 Å². The number of hydrogen-bond donors (Lipinski definition) is 1. The average Bonchev–Trinajstić information content (AvgIpc) is 2.84. The molecule has 1 saturated carbocycles. The van der Waals surface area contributed by atoms with Gasteiger partial charge in [0.2, 0.25) is 0 Å². The van der Waals surface area contributed by atoms with Crippen molar-refractivity contribution in [3.63, 3.8) is 0 Å². The van der Waals surface area contributed by atoms with Gasteiger partial charge in [0.25, 0.3) is 0 Å². The second-order valence-corrected chi connectivity index (χ2v) is 13.4. The summed E-state index contributed by atoms with van der Waals surface area (Å²) in [5.74, 6) is 0. The standard InChI is InChI=1S/C33H52B2O2/c1-9-33(10-2,28-16-17-29(25(4)23-28)35-37-31(7,8)30(5,6)34)27-15-14-26(24(3)22-27)18-21-32(36)19-12-11-13-20-32/h14-17,22-23,35-36H,9-13,18-21,34H2,1-8H3. The molecule has 1 aliphatic rings. The van der Waals surface area contributed by atoms with E-state index < -0.39 is 5.60 Å². The monoisotopic (exact) mass is 502 g/mol. The summed E-state index contributed by atoms with van der Waals surface area (Å²) in [7, 11) is 2.88. The van der Waals surface area contributed by atoms with Crippen LogP contribution in [0.1, 0.15) is 121 Å². The van der Waals surface area contributed by atoms with Crippen LogP contribution in [0.5, 0.6) is 0 Å². The summed E-state index contributed by atoms with van der Waals surface area (Å²) >= 11 is 0. The third-order valence-corrected chi connectivity index (χ3v) is 10.0. The first-order valence-electron chi connectivity index (χ1n) is 14.8. The smallest absolute Gasteiger partial charge is 0.309 e. The van der Waals surface area contributed by atoms with Gasteiger partial charge in [-0.05, 0) is 99.3 Å². The van der Waals surface area contributed by atoms with Gasteiger partial charge in [-0.3, -0.25) is 0 Å². The van der Waals surface area contributed by atoms with Gasteiger partial charge in [0.05, 0.1) is 5.60 Å². The second-order valence-electron chi connectivity index (χ2n) is 13.4. The number of rotatable bonds is 11. The fraction of sp³-hybridized carbons (Fsp3) is 0.636. The lowest BCUT2D eigenvalue weighted by molar-refractivity contribution is -0.00344. The van der Waals surface area contributed by atoms with Crippen molar-refractivity contribution < 1.29 is 9.76 Å². The third-order valence-electron chi connectivity index (χ3n) is 10.0. The van der Waals surface area contributed by atoms with E-state index in [1.165, 1.54) is 52.5 Å². The minimum absolute atomic E-state index is 0.000309. The van der Waals surface area contributed by atoms with Gasteiger partial charge in [-0.1, -0.05) is 88.9 Å². The average molecular weight is 502 g/mol. The summed E-state index contributed by atoms with van der Waals surface area (Å²) in [4.78, 5) is 0. The second kappa shape index (κ2) is 11.7. The first kappa shape index (κ1) is 30.0. The zero-order valence-corrected chi connectivity index (χ0v) is 25.4. The van der Waals surface area contributed by atoms with Gasteiger partial charge >= 0.3 is 7.48 Å². The Balaban J connectivity index is 1.82. The molecule has 3 rings (SSSR count). The Labute approximate surface area is 229 Å². The van der Waals surface area contributed by atoms with Crippen LogP contribution >= 0.6 is 0 Å². The van der Waals surface area contributed by atoms with E-state index in [2.05, 4.69) is 99.6 Å². The van der Waals surface area contributed by atoms with E-state index in [1.54, 1.807) is 0 Å². The molecule has 0 unspecified atom stereocenters. The van der Waals surface area contributed by atoms with E-state index in [4.69, 9.17) is 4.65 Å². The summed E-state index contributed by atoms with van der Waals surface area (Å²) in [6.07, 6.45) is 9.52. The Bertz CT molecular complexity index is 1040. The van der Waals surface area contributed by atoms with Gasteiger partial charge in [0.15, 0.2) is 0 Å². The van der Waals surface area contributed by atoms with Gasteiger partial charge in [-0.2, -0.15) is 0 Å². The molecule has 2 aromatic rings.